The lowest BCUT2D eigenvalue weighted by Crippen LogP contribution is -2.07. The van der Waals surface area contributed by atoms with E-state index in [1.54, 1.807) is 24.3 Å². The second-order valence-corrected chi connectivity index (χ2v) is 3.99. The van der Waals surface area contributed by atoms with Crippen molar-refractivity contribution in [2.24, 2.45) is 0 Å². The number of hydrogen-bond acceptors (Lipinski definition) is 2. The molecule has 0 radical (unpaired) electrons. The van der Waals surface area contributed by atoms with E-state index in [-0.39, 0.29) is 12.4 Å². The van der Waals surface area contributed by atoms with Crippen LogP contribution in [0, 0.1) is 0 Å². The molecule has 0 bridgehead atoms. The Morgan fingerprint density at radius 3 is 2.75 bits per heavy atom. The van der Waals surface area contributed by atoms with Crippen molar-refractivity contribution in [2.45, 2.75) is 13.3 Å². The van der Waals surface area contributed by atoms with Crippen molar-refractivity contribution in [3.8, 4) is 0 Å². The van der Waals surface area contributed by atoms with E-state index in [4.69, 9.17) is 27.9 Å². The highest BCUT2D eigenvalue weighted by atomic mass is 35.5. The maximum absolute atomic E-state index is 11.4. The number of halogens is 2. The van der Waals surface area contributed by atoms with Gasteiger partial charge in [0.1, 0.15) is 6.61 Å². The third kappa shape index (κ3) is 4.25. The van der Waals surface area contributed by atoms with Crippen molar-refractivity contribution in [2.75, 3.05) is 6.61 Å². The Bertz CT molecular complexity index is 400. The SMILES string of the molecule is CC=CCOC(=O)Cc1ccc(Cl)c(Cl)c1. The number of hydrogen-bond donors (Lipinski definition) is 0. The topological polar surface area (TPSA) is 26.3 Å². The first kappa shape index (κ1) is 13.1. The van der Waals surface area contributed by atoms with Crippen molar-refractivity contribution in [1.29, 1.82) is 0 Å². The van der Waals surface area contributed by atoms with Gasteiger partial charge in [-0.05, 0) is 24.6 Å². The van der Waals surface area contributed by atoms with Crippen molar-refractivity contribution in [1.82, 2.24) is 0 Å². The molecule has 1 aromatic carbocycles. The summed E-state index contributed by atoms with van der Waals surface area (Å²) in [5, 5.41) is 0.924. The molecule has 0 amide bonds. The van der Waals surface area contributed by atoms with Crippen molar-refractivity contribution in [3.05, 3.63) is 46.0 Å². The van der Waals surface area contributed by atoms with Crippen LogP contribution < -0.4 is 0 Å². The fourth-order valence-electron chi connectivity index (χ4n) is 1.10. The molecule has 1 rings (SSSR count). The molecule has 0 heterocycles. The van der Waals surface area contributed by atoms with Gasteiger partial charge in [-0.15, -0.1) is 0 Å². The summed E-state index contributed by atoms with van der Waals surface area (Å²) in [4.78, 5) is 11.4. The Kier molecular flexibility index (Phi) is 5.36. The molecule has 0 fully saturated rings. The molecule has 0 unspecified atom stereocenters. The van der Waals surface area contributed by atoms with Gasteiger partial charge in [-0.25, -0.2) is 0 Å². The number of benzene rings is 1. The van der Waals surface area contributed by atoms with E-state index in [0.717, 1.165) is 5.56 Å². The Balaban J connectivity index is 2.53. The largest absolute Gasteiger partial charge is 0.461 e. The summed E-state index contributed by atoms with van der Waals surface area (Å²) in [7, 11) is 0. The number of rotatable bonds is 4. The van der Waals surface area contributed by atoms with Crippen LogP contribution in [0.3, 0.4) is 0 Å². The lowest BCUT2D eigenvalue weighted by molar-refractivity contribution is -0.141. The van der Waals surface area contributed by atoms with Gasteiger partial charge in [-0.2, -0.15) is 0 Å². The second-order valence-electron chi connectivity index (χ2n) is 3.18. The number of esters is 1. The zero-order valence-corrected chi connectivity index (χ0v) is 10.4. The molecular formula is C12H12Cl2O2. The van der Waals surface area contributed by atoms with Gasteiger partial charge in [0.25, 0.3) is 0 Å². The first-order chi connectivity index (χ1) is 7.63. The minimum Gasteiger partial charge on any atom is -0.461 e. The van der Waals surface area contributed by atoms with E-state index >= 15 is 0 Å². The molecule has 0 aromatic heterocycles. The third-order valence-corrected chi connectivity index (χ3v) is 2.65. The lowest BCUT2D eigenvalue weighted by Gasteiger charge is -2.03. The van der Waals surface area contributed by atoms with Crippen LogP contribution in [-0.4, -0.2) is 12.6 Å². The molecule has 1 aromatic rings. The molecule has 0 aliphatic rings. The third-order valence-electron chi connectivity index (χ3n) is 1.91. The van der Waals surface area contributed by atoms with Crippen LogP contribution in [0.2, 0.25) is 10.0 Å². The van der Waals surface area contributed by atoms with E-state index < -0.39 is 0 Å². The Hall–Kier alpha value is -0.990. The van der Waals surface area contributed by atoms with Gasteiger partial charge in [-0.3, -0.25) is 4.79 Å². The fraction of sp³-hybridized carbons (Fsp3) is 0.250. The summed E-state index contributed by atoms with van der Waals surface area (Å²) in [5.74, 6) is -0.281. The summed E-state index contributed by atoms with van der Waals surface area (Å²) >= 11 is 11.6. The van der Waals surface area contributed by atoms with Gasteiger partial charge in [0, 0.05) is 0 Å². The first-order valence-corrected chi connectivity index (χ1v) is 5.59. The average molecular weight is 259 g/mol. The summed E-state index contributed by atoms with van der Waals surface area (Å²) < 4.78 is 4.95. The van der Waals surface area contributed by atoms with Crippen molar-refractivity contribution < 1.29 is 9.53 Å². The molecule has 16 heavy (non-hydrogen) atoms. The van der Waals surface area contributed by atoms with Crippen LogP contribution in [0.15, 0.2) is 30.4 Å². The van der Waals surface area contributed by atoms with Crippen LogP contribution in [0.1, 0.15) is 12.5 Å². The number of carbonyl (C=O) groups excluding carboxylic acids is 1. The zero-order chi connectivity index (χ0) is 12.0. The smallest absolute Gasteiger partial charge is 0.310 e. The number of allylic oxidation sites excluding steroid dienone is 1. The van der Waals surface area contributed by atoms with Crippen LogP contribution in [0.4, 0.5) is 0 Å². The standard InChI is InChI=1S/C12H12Cl2O2/c1-2-3-6-16-12(15)8-9-4-5-10(13)11(14)7-9/h2-5,7H,6,8H2,1H3. The molecule has 0 spiro atoms. The van der Waals surface area contributed by atoms with Gasteiger partial charge in [0.05, 0.1) is 16.5 Å². The quantitative estimate of drug-likeness (QED) is 0.609. The van der Waals surface area contributed by atoms with Crippen LogP contribution >= 0.6 is 23.2 Å². The van der Waals surface area contributed by atoms with Crippen molar-refractivity contribution >= 4 is 29.2 Å². The van der Waals surface area contributed by atoms with Crippen LogP contribution in [0.5, 0.6) is 0 Å². The Labute approximate surface area is 105 Å². The van der Waals surface area contributed by atoms with Crippen LogP contribution in [0.25, 0.3) is 0 Å². The Morgan fingerprint density at radius 2 is 2.12 bits per heavy atom. The highest BCUT2D eigenvalue weighted by Crippen LogP contribution is 2.22. The van der Waals surface area contributed by atoms with Crippen LogP contribution in [-0.2, 0) is 16.0 Å². The van der Waals surface area contributed by atoms with E-state index in [2.05, 4.69) is 0 Å². The number of carbonyl (C=O) groups is 1. The normalized spacial score (nSPS) is 10.7. The average Bonchev–Trinajstić information content (AvgIpc) is 2.24. The number of ether oxygens (including phenoxy) is 1. The predicted octanol–water partition coefficient (Wildman–Crippen LogP) is 3.66. The molecule has 0 saturated heterocycles. The summed E-state index contributed by atoms with van der Waals surface area (Å²) in [6.45, 7) is 2.17. The maximum atomic E-state index is 11.4. The van der Waals surface area contributed by atoms with E-state index in [9.17, 15) is 4.79 Å². The van der Waals surface area contributed by atoms with Gasteiger partial charge >= 0.3 is 5.97 Å². The zero-order valence-electron chi connectivity index (χ0n) is 8.87. The predicted molar refractivity (Wildman–Crippen MR) is 65.9 cm³/mol. The highest BCUT2D eigenvalue weighted by Gasteiger charge is 2.05. The van der Waals surface area contributed by atoms with E-state index in [1.807, 2.05) is 13.0 Å². The molecule has 0 saturated carbocycles. The maximum Gasteiger partial charge on any atom is 0.310 e. The minimum atomic E-state index is -0.281. The van der Waals surface area contributed by atoms with Crippen molar-refractivity contribution in [3.63, 3.8) is 0 Å². The fourth-order valence-corrected chi connectivity index (χ4v) is 1.43. The molecule has 0 aliphatic carbocycles. The van der Waals surface area contributed by atoms with Gasteiger partial charge in [0.2, 0.25) is 0 Å². The van der Waals surface area contributed by atoms with Gasteiger partial charge < -0.3 is 4.74 Å². The molecule has 0 N–H and O–H groups in total. The molecule has 0 atom stereocenters. The molecule has 0 aliphatic heterocycles. The first-order valence-electron chi connectivity index (χ1n) is 4.84. The lowest BCUT2D eigenvalue weighted by atomic mass is 10.1. The van der Waals surface area contributed by atoms with Gasteiger partial charge in [-0.1, -0.05) is 41.4 Å². The molecule has 2 nitrogen and oxygen atoms in total. The molecule has 86 valence electrons. The summed E-state index contributed by atoms with van der Waals surface area (Å²) in [5.41, 5.74) is 0.792. The van der Waals surface area contributed by atoms with E-state index in [0.29, 0.717) is 16.7 Å². The molecular weight excluding hydrogens is 247 g/mol. The second kappa shape index (κ2) is 6.56. The summed E-state index contributed by atoms with van der Waals surface area (Å²) in [6, 6.07) is 5.09. The minimum absolute atomic E-state index is 0.203. The monoisotopic (exact) mass is 258 g/mol. The Morgan fingerprint density at radius 1 is 1.38 bits per heavy atom. The molecule has 4 heteroatoms. The van der Waals surface area contributed by atoms with Gasteiger partial charge in [0.15, 0.2) is 0 Å². The summed E-state index contributed by atoms with van der Waals surface area (Å²) in [6.07, 6.45) is 3.80. The van der Waals surface area contributed by atoms with E-state index in [1.165, 1.54) is 0 Å². The highest BCUT2D eigenvalue weighted by molar-refractivity contribution is 6.42.